The van der Waals surface area contributed by atoms with Gasteiger partial charge in [0.15, 0.2) is 11.5 Å². The van der Waals surface area contributed by atoms with Gasteiger partial charge >= 0.3 is 5.97 Å². The number of carbonyl (C=O) groups excluding carboxylic acids is 1. The first-order chi connectivity index (χ1) is 13.0. The summed E-state index contributed by atoms with van der Waals surface area (Å²) in [5, 5.41) is 4.10. The molecule has 0 aliphatic heterocycles. The molecule has 1 aromatic carbocycles. The zero-order valence-electron chi connectivity index (χ0n) is 14.7. The summed E-state index contributed by atoms with van der Waals surface area (Å²) in [6, 6.07) is 11.0. The summed E-state index contributed by atoms with van der Waals surface area (Å²) in [7, 11) is 1.45. The summed E-state index contributed by atoms with van der Waals surface area (Å²) in [6.45, 7) is 1.78. The number of benzene rings is 1. The van der Waals surface area contributed by atoms with E-state index in [0.29, 0.717) is 11.3 Å². The van der Waals surface area contributed by atoms with Crippen molar-refractivity contribution in [2.45, 2.75) is 6.92 Å². The summed E-state index contributed by atoms with van der Waals surface area (Å²) in [6.07, 6.45) is 2.83. The number of ether oxygens (including phenoxy) is 2. The van der Waals surface area contributed by atoms with E-state index in [2.05, 4.69) is 5.10 Å². The number of carbonyl (C=O) groups is 1. The molecule has 3 aromatic rings. The predicted octanol–water partition coefficient (Wildman–Crippen LogP) is 2.44. The number of aromatic nitrogens is 1. The second kappa shape index (κ2) is 7.61. The highest BCUT2D eigenvalue weighted by atomic mass is 16.6. The predicted molar refractivity (Wildman–Crippen MR) is 99.5 cm³/mol. The van der Waals surface area contributed by atoms with Crippen LogP contribution in [0.5, 0.6) is 11.5 Å². The zero-order chi connectivity index (χ0) is 19.4. The van der Waals surface area contributed by atoms with Crippen LogP contribution in [0.4, 0.5) is 5.82 Å². The number of pyridine rings is 1. The van der Waals surface area contributed by atoms with E-state index >= 15 is 0 Å². The first-order valence-corrected chi connectivity index (χ1v) is 7.95. The van der Waals surface area contributed by atoms with Gasteiger partial charge in [-0.2, -0.15) is 9.78 Å². The Hall–Kier alpha value is -3.81. The van der Waals surface area contributed by atoms with Crippen molar-refractivity contribution in [2.75, 3.05) is 12.8 Å². The van der Waals surface area contributed by atoms with Crippen molar-refractivity contribution in [3.8, 4) is 11.5 Å². The highest BCUT2D eigenvalue weighted by molar-refractivity contribution is 5.89. The quantitative estimate of drug-likeness (QED) is 0.421. The number of hydrogen-bond acceptors (Lipinski definition) is 7. The Bertz CT molecular complexity index is 1050. The molecule has 0 radical (unpaired) electrons. The molecular formula is C19H17N3O5. The molecule has 0 spiro atoms. The molecule has 0 aliphatic rings. The largest absolute Gasteiger partial charge is 0.493 e. The Morgan fingerprint density at radius 1 is 1.22 bits per heavy atom. The number of methoxy groups -OCH3 is 1. The number of nitrogens with zero attached hydrogens (tertiary/aromatic N) is 2. The number of anilines is 1. The van der Waals surface area contributed by atoms with Crippen LogP contribution in [0.3, 0.4) is 0 Å². The average Bonchev–Trinajstić information content (AvgIpc) is 3.16. The van der Waals surface area contributed by atoms with Crippen LogP contribution in [0.25, 0.3) is 0 Å². The van der Waals surface area contributed by atoms with Crippen LogP contribution < -0.4 is 20.8 Å². The van der Waals surface area contributed by atoms with Gasteiger partial charge in [-0.05, 0) is 54.4 Å². The third-order valence-corrected chi connectivity index (χ3v) is 3.61. The second-order valence-electron chi connectivity index (χ2n) is 5.63. The molecule has 0 atom stereocenters. The number of furan rings is 1. The summed E-state index contributed by atoms with van der Waals surface area (Å²) in [5.74, 6) is 0.217. The van der Waals surface area contributed by atoms with Gasteiger partial charge in [0, 0.05) is 6.07 Å². The molecule has 2 heterocycles. The van der Waals surface area contributed by atoms with Crippen LogP contribution >= 0.6 is 0 Å². The topological polar surface area (TPSA) is 109 Å². The van der Waals surface area contributed by atoms with E-state index in [4.69, 9.17) is 19.6 Å². The van der Waals surface area contributed by atoms with E-state index in [0.717, 1.165) is 10.2 Å². The summed E-state index contributed by atoms with van der Waals surface area (Å²) < 4.78 is 16.6. The standard InChI is InChI=1S/C19H17N3O5/c1-12-8-17(20)22(18(23)9-12)21-11-13-5-6-14(16(10-13)25-2)27-19(24)15-4-3-7-26-15/h3-11H,20H2,1-2H3. The first-order valence-electron chi connectivity index (χ1n) is 7.95. The summed E-state index contributed by atoms with van der Waals surface area (Å²) in [5.41, 5.74) is 6.87. The minimum Gasteiger partial charge on any atom is -0.493 e. The molecule has 0 fully saturated rings. The molecular weight excluding hydrogens is 350 g/mol. The number of aryl methyl sites for hydroxylation is 1. The van der Waals surface area contributed by atoms with Gasteiger partial charge in [-0.25, -0.2) is 4.79 Å². The molecule has 2 aromatic heterocycles. The molecule has 138 valence electrons. The lowest BCUT2D eigenvalue weighted by Crippen LogP contribution is -2.19. The number of nitrogen functional groups attached to an aromatic ring is 1. The van der Waals surface area contributed by atoms with Crippen molar-refractivity contribution in [2.24, 2.45) is 5.10 Å². The van der Waals surface area contributed by atoms with Gasteiger partial charge in [0.2, 0.25) is 5.76 Å². The highest BCUT2D eigenvalue weighted by Gasteiger charge is 2.14. The van der Waals surface area contributed by atoms with E-state index in [-0.39, 0.29) is 22.9 Å². The third-order valence-electron chi connectivity index (χ3n) is 3.61. The summed E-state index contributed by atoms with van der Waals surface area (Å²) in [4.78, 5) is 24.0. The average molecular weight is 367 g/mol. The Balaban J connectivity index is 1.84. The number of hydrogen-bond donors (Lipinski definition) is 1. The third kappa shape index (κ3) is 4.06. The van der Waals surface area contributed by atoms with E-state index in [1.54, 1.807) is 37.3 Å². The van der Waals surface area contributed by atoms with Crippen molar-refractivity contribution in [3.63, 3.8) is 0 Å². The van der Waals surface area contributed by atoms with Gasteiger partial charge in [0.1, 0.15) is 5.82 Å². The molecule has 8 nitrogen and oxygen atoms in total. The van der Waals surface area contributed by atoms with Gasteiger partial charge in [-0.3, -0.25) is 4.79 Å². The van der Waals surface area contributed by atoms with Crippen molar-refractivity contribution in [1.29, 1.82) is 0 Å². The van der Waals surface area contributed by atoms with E-state index < -0.39 is 5.97 Å². The molecule has 0 amide bonds. The lowest BCUT2D eigenvalue weighted by molar-refractivity contribution is 0.0696. The minimum absolute atomic E-state index is 0.0805. The maximum Gasteiger partial charge on any atom is 0.379 e. The van der Waals surface area contributed by atoms with Gasteiger partial charge in [-0.15, -0.1) is 0 Å². The van der Waals surface area contributed by atoms with Crippen molar-refractivity contribution < 1.29 is 18.7 Å². The molecule has 0 bridgehead atoms. The minimum atomic E-state index is -0.640. The van der Waals surface area contributed by atoms with Crippen molar-refractivity contribution in [3.05, 3.63) is 76.0 Å². The lowest BCUT2D eigenvalue weighted by atomic mass is 10.2. The van der Waals surface area contributed by atoms with E-state index in [1.807, 2.05) is 0 Å². The molecule has 0 unspecified atom stereocenters. The van der Waals surface area contributed by atoms with Crippen LogP contribution in [0.15, 0.2) is 63.0 Å². The van der Waals surface area contributed by atoms with Crippen molar-refractivity contribution >= 4 is 18.0 Å². The Labute approximate surface area is 154 Å². The van der Waals surface area contributed by atoms with Crippen LogP contribution in [0, 0.1) is 6.92 Å². The zero-order valence-corrected chi connectivity index (χ0v) is 14.7. The monoisotopic (exact) mass is 367 g/mol. The maximum atomic E-state index is 12.0. The van der Waals surface area contributed by atoms with Crippen LogP contribution in [0.1, 0.15) is 21.7 Å². The van der Waals surface area contributed by atoms with Crippen LogP contribution in [0.2, 0.25) is 0 Å². The fourth-order valence-electron chi connectivity index (χ4n) is 2.36. The molecule has 3 rings (SSSR count). The second-order valence-corrected chi connectivity index (χ2v) is 5.63. The molecule has 8 heteroatoms. The highest BCUT2D eigenvalue weighted by Crippen LogP contribution is 2.28. The smallest absolute Gasteiger partial charge is 0.379 e. The lowest BCUT2D eigenvalue weighted by Gasteiger charge is -2.09. The molecule has 27 heavy (non-hydrogen) atoms. The summed E-state index contributed by atoms with van der Waals surface area (Å²) >= 11 is 0. The number of rotatable bonds is 5. The fourth-order valence-corrected chi connectivity index (χ4v) is 2.36. The first kappa shape index (κ1) is 18.0. The number of nitrogens with two attached hydrogens (primary N) is 1. The Morgan fingerprint density at radius 3 is 2.70 bits per heavy atom. The van der Waals surface area contributed by atoms with E-state index in [1.165, 1.54) is 31.7 Å². The normalized spacial score (nSPS) is 10.9. The van der Waals surface area contributed by atoms with Gasteiger partial charge in [0.05, 0.1) is 19.6 Å². The molecule has 0 saturated carbocycles. The Kier molecular flexibility index (Phi) is 5.07. The van der Waals surface area contributed by atoms with Crippen molar-refractivity contribution in [1.82, 2.24) is 4.68 Å². The van der Waals surface area contributed by atoms with Gasteiger partial charge in [-0.1, -0.05) is 0 Å². The van der Waals surface area contributed by atoms with Gasteiger partial charge < -0.3 is 19.6 Å². The van der Waals surface area contributed by atoms with Crippen LogP contribution in [-0.2, 0) is 0 Å². The van der Waals surface area contributed by atoms with Crippen LogP contribution in [-0.4, -0.2) is 24.0 Å². The maximum absolute atomic E-state index is 12.0. The van der Waals surface area contributed by atoms with E-state index in [9.17, 15) is 9.59 Å². The Morgan fingerprint density at radius 2 is 2.04 bits per heavy atom. The van der Waals surface area contributed by atoms with Gasteiger partial charge in [0.25, 0.3) is 5.56 Å². The SMILES string of the molecule is COc1cc(C=Nn2c(N)cc(C)cc2=O)ccc1OC(=O)c1ccco1. The fraction of sp³-hybridized carbons (Fsp3) is 0.105. The number of esters is 1. The molecule has 0 aliphatic carbocycles. The molecule has 0 saturated heterocycles. The molecule has 2 N–H and O–H groups in total.